The largest absolute Gasteiger partial charge is 0.259 e. The Bertz CT molecular complexity index is 539. The topological polar surface area (TPSA) is 36.7 Å². The first kappa shape index (κ1) is 11.3. The molecule has 2 nitrogen and oxygen atoms in total. The Kier molecular flexibility index (Phi) is 3.52. The lowest BCUT2D eigenvalue weighted by Crippen LogP contribution is -1.95. The molecule has 0 aliphatic heterocycles. The molecule has 0 amide bonds. The second-order valence-electron chi connectivity index (χ2n) is 3.95. The third-order valence-corrected chi connectivity index (χ3v) is 2.68. The van der Waals surface area contributed by atoms with E-state index in [-0.39, 0.29) is 0 Å². The Morgan fingerprint density at radius 3 is 2.59 bits per heavy atom. The van der Waals surface area contributed by atoms with Crippen LogP contribution in [0.25, 0.3) is 11.1 Å². The van der Waals surface area contributed by atoms with E-state index in [4.69, 9.17) is 5.26 Å². The molecule has 0 saturated heterocycles. The first-order chi connectivity index (χ1) is 8.35. The summed E-state index contributed by atoms with van der Waals surface area (Å²) in [7, 11) is 0. The highest BCUT2D eigenvalue weighted by Gasteiger charge is 2.05. The standard InChI is InChI=1S/C15H14N2/c1-2-6-15-13(10-16)9-14(11-17-15)12-7-4-3-5-8-12/h3-5,7-9,11H,2,6H2,1H3. The van der Waals surface area contributed by atoms with Crippen molar-refractivity contribution in [2.24, 2.45) is 0 Å². The molecule has 0 spiro atoms. The SMILES string of the molecule is CCCc1ncc(-c2ccccc2)cc1C#N. The molecule has 1 aromatic carbocycles. The van der Waals surface area contributed by atoms with Gasteiger partial charge in [0, 0.05) is 11.8 Å². The number of hydrogen-bond acceptors (Lipinski definition) is 2. The van der Waals surface area contributed by atoms with Gasteiger partial charge in [0.15, 0.2) is 0 Å². The maximum Gasteiger partial charge on any atom is 0.101 e. The van der Waals surface area contributed by atoms with Crippen molar-refractivity contribution in [2.45, 2.75) is 19.8 Å². The van der Waals surface area contributed by atoms with E-state index in [1.54, 1.807) is 0 Å². The summed E-state index contributed by atoms with van der Waals surface area (Å²) >= 11 is 0. The second kappa shape index (κ2) is 5.27. The van der Waals surface area contributed by atoms with Crippen LogP contribution in [0.3, 0.4) is 0 Å². The molecule has 0 N–H and O–H groups in total. The number of nitrogens with zero attached hydrogens (tertiary/aromatic N) is 2. The average Bonchev–Trinajstić information content (AvgIpc) is 2.40. The second-order valence-corrected chi connectivity index (χ2v) is 3.95. The minimum atomic E-state index is 0.688. The first-order valence-corrected chi connectivity index (χ1v) is 5.79. The number of hydrogen-bond donors (Lipinski definition) is 0. The third kappa shape index (κ3) is 2.51. The highest BCUT2D eigenvalue weighted by atomic mass is 14.7. The maximum atomic E-state index is 9.13. The van der Waals surface area contributed by atoms with E-state index < -0.39 is 0 Å². The molecule has 1 heterocycles. The van der Waals surface area contributed by atoms with Crippen molar-refractivity contribution in [3.8, 4) is 17.2 Å². The van der Waals surface area contributed by atoms with Gasteiger partial charge in [-0.2, -0.15) is 5.26 Å². The van der Waals surface area contributed by atoms with Crippen molar-refractivity contribution in [3.63, 3.8) is 0 Å². The average molecular weight is 222 g/mol. The van der Waals surface area contributed by atoms with Crippen LogP contribution in [0.5, 0.6) is 0 Å². The Hall–Kier alpha value is -2.14. The first-order valence-electron chi connectivity index (χ1n) is 5.79. The summed E-state index contributed by atoms with van der Waals surface area (Å²) in [6.07, 6.45) is 3.71. The van der Waals surface area contributed by atoms with Gasteiger partial charge in [-0.25, -0.2) is 0 Å². The van der Waals surface area contributed by atoms with Crippen molar-refractivity contribution < 1.29 is 0 Å². The Balaban J connectivity index is 2.43. The summed E-state index contributed by atoms with van der Waals surface area (Å²) in [4.78, 5) is 4.39. The summed E-state index contributed by atoms with van der Waals surface area (Å²) in [5, 5.41) is 9.13. The molecule has 0 bridgehead atoms. The van der Waals surface area contributed by atoms with Crippen LogP contribution in [0, 0.1) is 11.3 Å². The lowest BCUT2D eigenvalue weighted by molar-refractivity contribution is 0.878. The molecule has 0 aliphatic rings. The van der Waals surface area contributed by atoms with Gasteiger partial charge in [0.2, 0.25) is 0 Å². The molecule has 84 valence electrons. The van der Waals surface area contributed by atoms with Gasteiger partial charge in [-0.05, 0) is 18.1 Å². The van der Waals surface area contributed by atoms with E-state index in [9.17, 15) is 0 Å². The molecule has 0 fully saturated rings. The van der Waals surface area contributed by atoms with Crippen LogP contribution in [-0.2, 0) is 6.42 Å². The predicted octanol–water partition coefficient (Wildman–Crippen LogP) is 3.57. The molecule has 0 unspecified atom stereocenters. The molecule has 2 rings (SSSR count). The molecule has 0 atom stereocenters. The van der Waals surface area contributed by atoms with Gasteiger partial charge in [-0.15, -0.1) is 0 Å². The van der Waals surface area contributed by atoms with Crippen LogP contribution >= 0.6 is 0 Å². The number of pyridine rings is 1. The number of rotatable bonds is 3. The zero-order valence-corrected chi connectivity index (χ0v) is 9.85. The normalized spacial score (nSPS) is 9.88. The zero-order valence-electron chi connectivity index (χ0n) is 9.85. The molecule has 0 radical (unpaired) electrons. The quantitative estimate of drug-likeness (QED) is 0.796. The van der Waals surface area contributed by atoms with E-state index in [0.29, 0.717) is 5.56 Å². The summed E-state index contributed by atoms with van der Waals surface area (Å²) in [6.45, 7) is 2.09. The van der Waals surface area contributed by atoms with Gasteiger partial charge in [0.05, 0.1) is 11.3 Å². The highest BCUT2D eigenvalue weighted by Crippen LogP contribution is 2.20. The highest BCUT2D eigenvalue weighted by molar-refractivity contribution is 5.64. The van der Waals surface area contributed by atoms with Crippen molar-refractivity contribution in [2.75, 3.05) is 0 Å². The van der Waals surface area contributed by atoms with Crippen LogP contribution < -0.4 is 0 Å². The Labute approximate surface area is 102 Å². The smallest absolute Gasteiger partial charge is 0.101 e. The molecule has 1 aromatic heterocycles. The van der Waals surface area contributed by atoms with Gasteiger partial charge in [-0.3, -0.25) is 4.98 Å². The summed E-state index contributed by atoms with van der Waals surface area (Å²) in [5.74, 6) is 0. The number of aryl methyl sites for hydroxylation is 1. The van der Waals surface area contributed by atoms with Gasteiger partial charge in [0.25, 0.3) is 0 Å². The molecule has 17 heavy (non-hydrogen) atoms. The number of nitriles is 1. The van der Waals surface area contributed by atoms with E-state index >= 15 is 0 Å². The van der Waals surface area contributed by atoms with Gasteiger partial charge < -0.3 is 0 Å². The molecular weight excluding hydrogens is 208 g/mol. The molecule has 2 aromatic rings. The Morgan fingerprint density at radius 2 is 1.94 bits per heavy atom. The van der Waals surface area contributed by atoms with Crippen molar-refractivity contribution in [1.29, 1.82) is 5.26 Å². The van der Waals surface area contributed by atoms with Gasteiger partial charge in [0.1, 0.15) is 6.07 Å². The fourth-order valence-corrected chi connectivity index (χ4v) is 1.81. The third-order valence-electron chi connectivity index (χ3n) is 2.68. The number of benzene rings is 1. The number of aromatic nitrogens is 1. The van der Waals surface area contributed by atoms with Crippen LogP contribution in [-0.4, -0.2) is 4.98 Å². The molecule has 0 aliphatic carbocycles. The van der Waals surface area contributed by atoms with E-state index in [1.165, 1.54) is 0 Å². The summed E-state index contributed by atoms with van der Waals surface area (Å²) in [5.41, 5.74) is 3.68. The summed E-state index contributed by atoms with van der Waals surface area (Å²) in [6, 6.07) is 14.2. The summed E-state index contributed by atoms with van der Waals surface area (Å²) < 4.78 is 0. The molecule has 0 saturated carbocycles. The van der Waals surface area contributed by atoms with Crippen molar-refractivity contribution in [1.82, 2.24) is 4.98 Å². The van der Waals surface area contributed by atoms with Crippen LogP contribution in [0.1, 0.15) is 24.6 Å². The minimum absolute atomic E-state index is 0.688. The van der Waals surface area contributed by atoms with Crippen molar-refractivity contribution >= 4 is 0 Å². The van der Waals surface area contributed by atoms with Crippen molar-refractivity contribution in [3.05, 3.63) is 53.9 Å². The molecule has 2 heteroatoms. The fourth-order valence-electron chi connectivity index (χ4n) is 1.81. The maximum absolute atomic E-state index is 9.13. The lowest BCUT2D eigenvalue weighted by Gasteiger charge is -2.05. The Morgan fingerprint density at radius 1 is 1.18 bits per heavy atom. The van der Waals surface area contributed by atoms with Gasteiger partial charge in [-0.1, -0.05) is 43.7 Å². The zero-order chi connectivity index (χ0) is 12.1. The van der Waals surface area contributed by atoms with Crippen LogP contribution in [0.4, 0.5) is 0 Å². The molecular formula is C15H14N2. The van der Waals surface area contributed by atoms with E-state index in [0.717, 1.165) is 29.7 Å². The monoisotopic (exact) mass is 222 g/mol. The van der Waals surface area contributed by atoms with Gasteiger partial charge >= 0.3 is 0 Å². The van der Waals surface area contributed by atoms with Crippen LogP contribution in [0.15, 0.2) is 42.6 Å². The lowest BCUT2D eigenvalue weighted by atomic mass is 10.0. The fraction of sp³-hybridized carbons (Fsp3) is 0.200. The minimum Gasteiger partial charge on any atom is -0.259 e. The van der Waals surface area contributed by atoms with Crippen LogP contribution in [0.2, 0.25) is 0 Å². The van der Waals surface area contributed by atoms with E-state index in [1.807, 2.05) is 42.6 Å². The van der Waals surface area contributed by atoms with E-state index in [2.05, 4.69) is 18.0 Å². The predicted molar refractivity (Wildman–Crippen MR) is 68.4 cm³/mol.